The monoisotopic (exact) mass is 353 g/mol. The van der Waals surface area contributed by atoms with Gasteiger partial charge in [0.15, 0.2) is 5.82 Å². The third-order valence-corrected chi connectivity index (χ3v) is 3.99. The van der Waals surface area contributed by atoms with E-state index in [4.69, 9.17) is 11.6 Å². The van der Waals surface area contributed by atoms with Gasteiger partial charge < -0.3 is 10.4 Å². The molecule has 0 atom stereocenters. The second kappa shape index (κ2) is 6.91. The van der Waals surface area contributed by atoms with Crippen LogP contribution in [0, 0.1) is 13.8 Å². The number of benzene rings is 2. The Kier molecular flexibility index (Phi) is 4.67. The van der Waals surface area contributed by atoms with Crippen molar-refractivity contribution in [3.05, 3.63) is 70.5 Å². The fourth-order valence-electron chi connectivity index (χ4n) is 2.45. The molecular formula is C19H16ClN3O2. The predicted octanol–water partition coefficient (Wildman–Crippen LogP) is 4.37. The molecule has 126 valence electrons. The van der Waals surface area contributed by atoms with Crippen molar-refractivity contribution in [2.24, 2.45) is 0 Å². The minimum absolute atomic E-state index is 0.227. The van der Waals surface area contributed by atoms with E-state index in [9.17, 15) is 9.90 Å². The number of carbonyl (C=O) groups excluding carboxylic acids is 1. The molecule has 0 saturated carbocycles. The first kappa shape index (κ1) is 16.9. The van der Waals surface area contributed by atoms with Gasteiger partial charge in [0.1, 0.15) is 11.4 Å². The van der Waals surface area contributed by atoms with Crippen LogP contribution in [0.2, 0.25) is 5.02 Å². The average molecular weight is 354 g/mol. The molecule has 6 heteroatoms. The lowest BCUT2D eigenvalue weighted by Gasteiger charge is -2.10. The first-order valence-electron chi connectivity index (χ1n) is 7.64. The zero-order chi connectivity index (χ0) is 18.0. The van der Waals surface area contributed by atoms with Crippen molar-refractivity contribution >= 4 is 23.2 Å². The van der Waals surface area contributed by atoms with Gasteiger partial charge in [-0.05, 0) is 67.4 Å². The molecule has 0 saturated heterocycles. The number of nitrogens with zero attached hydrogens (tertiary/aromatic N) is 2. The molecule has 2 N–H and O–H groups in total. The number of carbonyl (C=O) groups is 1. The summed E-state index contributed by atoms with van der Waals surface area (Å²) in [5.74, 6) is 0.328. The van der Waals surface area contributed by atoms with Crippen LogP contribution in [0.25, 0.3) is 11.4 Å². The first-order chi connectivity index (χ1) is 11.9. The van der Waals surface area contributed by atoms with E-state index >= 15 is 0 Å². The molecule has 0 spiro atoms. The largest absolute Gasteiger partial charge is 0.507 e. The number of aromatic nitrogens is 2. The third-order valence-electron chi connectivity index (χ3n) is 3.74. The molecule has 0 aliphatic heterocycles. The minimum Gasteiger partial charge on any atom is -0.507 e. The Labute approximate surface area is 150 Å². The summed E-state index contributed by atoms with van der Waals surface area (Å²) in [5.41, 5.74) is 3.02. The molecular weight excluding hydrogens is 338 g/mol. The molecule has 1 heterocycles. The number of nitrogens with one attached hydrogen (secondary N) is 1. The van der Waals surface area contributed by atoms with Gasteiger partial charge >= 0.3 is 0 Å². The van der Waals surface area contributed by atoms with E-state index in [1.165, 1.54) is 0 Å². The van der Waals surface area contributed by atoms with Gasteiger partial charge in [-0.3, -0.25) is 4.79 Å². The molecule has 0 unspecified atom stereocenters. The number of hydrogen-bond donors (Lipinski definition) is 2. The number of anilines is 1. The van der Waals surface area contributed by atoms with Crippen LogP contribution in [0.3, 0.4) is 0 Å². The summed E-state index contributed by atoms with van der Waals surface area (Å²) >= 11 is 5.88. The van der Waals surface area contributed by atoms with Gasteiger partial charge in [-0.25, -0.2) is 9.97 Å². The molecule has 1 aromatic heterocycles. The fourth-order valence-corrected chi connectivity index (χ4v) is 2.57. The molecule has 0 aliphatic rings. The highest BCUT2D eigenvalue weighted by atomic mass is 35.5. The van der Waals surface area contributed by atoms with Crippen LogP contribution in [-0.4, -0.2) is 21.0 Å². The van der Waals surface area contributed by atoms with E-state index in [0.29, 0.717) is 27.7 Å². The highest BCUT2D eigenvalue weighted by Crippen LogP contribution is 2.26. The quantitative estimate of drug-likeness (QED) is 0.685. The number of hydrogen-bond acceptors (Lipinski definition) is 4. The molecule has 0 bridgehead atoms. The lowest BCUT2D eigenvalue weighted by Crippen LogP contribution is -2.14. The number of halogens is 1. The lowest BCUT2D eigenvalue weighted by atomic mass is 10.1. The van der Waals surface area contributed by atoms with Crippen molar-refractivity contribution < 1.29 is 9.90 Å². The standard InChI is InChI=1S/C19H16ClN3O2/c1-11-9-15(10-12(2)17(11)24)22-19(25)16-7-8-21-18(23-16)13-3-5-14(20)6-4-13/h3-10,24H,1-2H3,(H,22,25). The Morgan fingerprint density at radius 3 is 2.36 bits per heavy atom. The van der Waals surface area contributed by atoms with Gasteiger partial charge in [-0.2, -0.15) is 0 Å². The van der Waals surface area contributed by atoms with Crippen molar-refractivity contribution in [1.29, 1.82) is 0 Å². The fraction of sp³-hybridized carbons (Fsp3) is 0.105. The normalized spacial score (nSPS) is 10.5. The van der Waals surface area contributed by atoms with E-state index in [-0.39, 0.29) is 17.4 Å². The minimum atomic E-state index is -0.345. The number of rotatable bonds is 3. The van der Waals surface area contributed by atoms with Crippen LogP contribution >= 0.6 is 11.6 Å². The second-order valence-electron chi connectivity index (χ2n) is 5.69. The van der Waals surface area contributed by atoms with Crippen LogP contribution < -0.4 is 5.32 Å². The second-order valence-corrected chi connectivity index (χ2v) is 6.12. The summed E-state index contributed by atoms with van der Waals surface area (Å²) in [5, 5.41) is 13.2. The van der Waals surface area contributed by atoms with E-state index in [0.717, 1.165) is 5.56 Å². The van der Waals surface area contributed by atoms with Crippen molar-refractivity contribution in [2.75, 3.05) is 5.32 Å². The number of aromatic hydroxyl groups is 1. The maximum Gasteiger partial charge on any atom is 0.274 e. The Bertz CT molecular complexity index is 917. The Morgan fingerprint density at radius 1 is 1.08 bits per heavy atom. The van der Waals surface area contributed by atoms with E-state index in [1.807, 2.05) is 0 Å². The zero-order valence-corrected chi connectivity index (χ0v) is 14.5. The third kappa shape index (κ3) is 3.78. The highest BCUT2D eigenvalue weighted by Gasteiger charge is 2.12. The molecule has 3 aromatic rings. The van der Waals surface area contributed by atoms with Gasteiger partial charge in [0.25, 0.3) is 5.91 Å². The highest BCUT2D eigenvalue weighted by molar-refractivity contribution is 6.30. The molecule has 1 amide bonds. The topological polar surface area (TPSA) is 75.1 Å². The lowest BCUT2D eigenvalue weighted by molar-refractivity contribution is 0.102. The molecule has 0 aliphatic carbocycles. The Morgan fingerprint density at radius 2 is 1.72 bits per heavy atom. The van der Waals surface area contributed by atoms with Crippen LogP contribution in [0.15, 0.2) is 48.7 Å². The summed E-state index contributed by atoms with van der Waals surface area (Å²) in [6.45, 7) is 3.56. The molecule has 2 aromatic carbocycles. The van der Waals surface area contributed by atoms with E-state index in [1.54, 1.807) is 62.5 Å². The van der Waals surface area contributed by atoms with Gasteiger partial charge in [0.2, 0.25) is 0 Å². The van der Waals surface area contributed by atoms with Crippen LogP contribution in [-0.2, 0) is 0 Å². The number of amides is 1. The summed E-state index contributed by atoms with van der Waals surface area (Å²) in [4.78, 5) is 21.0. The molecule has 0 fully saturated rings. The number of phenols is 1. The van der Waals surface area contributed by atoms with Crippen molar-refractivity contribution in [3.8, 4) is 17.1 Å². The van der Waals surface area contributed by atoms with Gasteiger partial charge in [0.05, 0.1) is 0 Å². The Hall–Kier alpha value is -2.92. The van der Waals surface area contributed by atoms with Gasteiger partial charge in [-0.15, -0.1) is 0 Å². The van der Waals surface area contributed by atoms with Gasteiger partial charge in [-0.1, -0.05) is 11.6 Å². The van der Waals surface area contributed by atoms with E-state index in [2.05, 4.69) is 15.3 Å². The summed E-state index contributed by atoms with van der Waals surface area (Å²) in [7, 11) is 0. The average Bonchev–Trinajstić information content (AvgIpc) is 2.60. The van der Waals surface area contributed by atoms with E-state index < -0.39 is 0 Å². The maximum atomic E-state index is 12.5. The summed E-state index contributed by atoms with van der Waals surface area (Å²) < 4.78 is 0. The van der Waals surface area contributed by atoms with Crippen molar-refractivity contribution in [3.63, 3.8) is 0 Å². The SMILES string of the molecule is Cc1cc(NC(=O)c2ccnc(-c3ccc(Cl)cc3)n2)cc(C)c1O. The van der Waals surface area contributed by atoms with Gasteiger partial charge in [0, 0.05) is 22.5 Å². The summed E-state index contributed by atoms with van der Waals surface area (Å²) in [6, 6.07) is 12.1. The van der Waals surface area contributed by atoms with Crippen molar-refractivity contribution in [1.82, 2.24) is 9.97 Å². The van der Waals surface area contributed by atoms with Crippen LogP contribution in [0.4, 0.5) is 5.69 Å². The van der Waals surface area contributed by atoms with Crippen LogP contribution in [0.5, 0.6) is 5.75 Å². The molecule has 5 nitrogen and oxygen atoms in total. The number of phenolic OH excluding ortho intramolecular Hbond substituents is 1. The summed E-state index contributed by atoms with van der Waals surface area (Å²) in [6.07, 6.45) is 1.54. The smallest absolute Gasteiger partial charge is 0.274 e. The van der Waals surface area contributed by atoms with Crippen LogP contribution in [0.1, 0.15) is 21.6 Å². The molecule has 0 radical (unpaired) electrons. The molecule has 25 heavy (non-hydrogen) atoms. The zero-order valence-electron chi connectivity index (χ0n) is 13.7. The molecule has 3 rings (SSSR count). The maximum absolute atomic E-state index is 12.5. The predicted molar refractivity (Wildman–Crippen MR) is 98.0 cm³/mol. The first-order valence-corrected chi connectivity index (χ1v) is 8.02. The number of aryl methyl sites for hydroxylation is 2. The Balaban J connectivity index is 1.85. The van der Waals surface area contributed by atoms with Crippen molar-refractivity contribution in [2.45, 2.75) is 13.8 Å².